The molecule has 1 N–H and O–H groups in total. The molecule has 0 fully saturated rings. The third kappa shape index (κ3) is 2.30. The molecule has 5 heteroatoms. The molecule has 1 heterocycles. The quantitative estimate of drug-likeness (QED) is 0.658. The molecule has 1 rings (SSSR count). The van der Waals surface area contributed by atoms with Crippen LogP contribution in [-0.4, -0.2) is 42.8 Å². The van der Waals surface area contributed by atoms with Gasteiger partial charge in [0.2, 0.25) is 10.0 Å². The van der Waals surface area contributed by atoms with Crippen molar-refractivity contribution in [3.8, 4) is 0 Å². The highest BCUT2D eigenvalue weighted by Crippen LogP contribution is 2.12. The lowest BCUT2D eigenvalue weighted by atomic mass is 10.3. The van der Waals surface area contributed by atoms with Crippen LogP contribution < -0.4 is 0 Å². The molecule has 0 aliphatic carbocycles. The number of aliphatic hydroxyl groups excluding tert-OH is 1. The Balaban J connectivity index is 2.74. The smallest absolute Gasteiger partial charge is 0.219 e. The van der Waals surface area contributed by atoms with Crippen LogP contribution in [0.1, 0.15) is 13.3 Å². The van der Waals surface area contributed by atoms with Crippen molar-refractivity contribution < 1.29 is 13.5 Å². The average Bonchev–Trinajstić information content (AvgIpc) is 2.18. The predicted octanol–water partition coefficient (Wildman–Crippen LogP) is -0.0411. The van der Waals surface area contributed by atoms with Gasteiger partial charge >= 0.3 is 0 Å². The molecule has 0 aromatic carbocycles. The Morgan fingerprint density at radius 1 is 1.54 bits per heavy atom. The highest BCUT2D eigenvalue weighted by atomic mass is 32.2. The summed E-state index contributed by atoms with van der Waals surface area (Å²) in [6.07, 6.45) is 4.57. The van der Waals surface area contributed by atoms with Crippen LogP contribution in [0.3, 0.4) is 0 Å². The van der Waals surface area contributed by atoms with Gasteiger partial charge in [0.25, 0.3) is 0 Å². The van der Waals surface area contributed by atoms with Gasteiger partial charge in [0.05, 0.1) is 11.9 Å². The number of hydrogen-bond acceptors (Lipinski definition) is 3. The van der Waals surface area contributed by atoms with E-state index >= 15 is 0 Å². The van der Waals surface area contributed by atoms with E-state index in [2.05, 4.69) is 0 Å². The van der Waals surface area contributed by atoms with Crippen LogP contribution in [0.15, 0.2) is 12.2 Å². The van der Waals surface area contributed by atoms with Crippen LogP contribution in [0, 0.1) is 0 Å². The van der Waals surface area contributed by atoms with E-state index in [0.717, 1.165) is 6.42 Å². The fraction of sp³-hybridized carbons (Fsp3) is 0.750. The van der Waals surface area contributed by atoms with E-state index in [4.69, 9.17) is 5.11 Å². The maximum Gasteiger partial charge on any atom is 0.219 e. The van der Waals surface area contributed by atoms with Gasteiger partial charge < -0.3 is 5.11 Å². The van der Waals surface area contributed by atoms with E-state index in [1.807, 2.05) is 12.2 Å². The van der Waals surface area contributed by atoms with Crippen LogP contribution in [0.5, 0.6) is 0 Å². The van der Waals surface area contributed by atoms with Gasteiger partial charge in [-0.3, -0.25) is 0 Å². The van der Waals surface area contributed by atoms with Gasteiger partial charge in [0.1, 0.15) is 0 Å². The van der Waals surface area contributed by atoms with Crippen molar-refractivity contribution in [2.75, 3.05) is 19.7 Å². The summed E-state index contributed by atoms with van der Waals surface area (Å²) in [6.45, 7) is 2.17. The van der Waals surface area contributed by atoms with Gasteiger partial charge in [-0.15, -0.1) is 0 Å². The van der Waals surface area contributed by atoms with Gasteiger partial charge in [-0.05, 0) is 13.3 Å². The highest BCUT2D eigenvalue weighted by molar-refractivity contribution is 7.89. The Kier molecular flexibility index (Phi) is 3.47. The predicted molar refractivity (Wildman–Crippen MR) is 50.8 cm³/mol. The van der Waals surface area contributed by atoms with E-state index in [-0.39, 0.29) is 6.61 Å². The lowest BCUT2D eigenvalue weighted by Gasteiger charge is -2.25. The minimum absolute atomic E-state index is 0.317. The number of rotatable bonds is 3. The SMILES string of the molecule is CC(CO)S(=O)(=O)N1CC=CCC1. The van der Waals surface area contributed by atoms with E-state index in [9.17, 15) is 8.42 Å². The molecule has 0 aromatic rings. The van der Waals surface area contributed by atoms with Crippen LogP contribution in [-0.2, 0) is 10.0 Å². The zero-order valence-corrected chi connectivity index (χ0v) is 8.50. The van der Waals surface area contributed by atoms with Gasteiger partial charge in [-0.1, -0.05) is 12.2 Å². The Labute approximate surface area is 78.9 Å². The van der Waals surface area contributed by atoms with E-state index in [1.165, 1.54) is 11.2 Å². The van der Waals surface area contributed by atoms with E-state index in [1.54, 1.807) is 0 Å². The van der Waals surface area contributed by atoms with Crippen LogP contribution in [0.4, 0.5) is 0 Å². The molecule has 1 aliphatic heterocycles. The summed E-state index contributed by atoms with van der Waals surface area (Å²) in [7, 11) is -3.28. The molecule has 4 nitrogen and oxygen atoms in total. The number of nitrogens with zero attached hydrogens (tertiary/aromatic N) is 1. The monoisotopic (exact) mass is 205 g/mol. The normalized spacial score (nSPS) is 21.7. The second kappa shape index (κ2) is 4.21. The number of aliphatic hydroxyl groups is 1. The van der Waals surface area contributed by atoms with Crippen molar-refractivity contribution in [2.45, 2.75) is 18.6 Å². The molecule has 0 aromatic heterocycles. The summed E-state index contributed by atoms with van der Waals surface area (Å²) >= 11 is 0. The van der Waals surface area contributed by atoms with Crippen LogP contribution in [0.2, 0.25) is 0 Å². The molecule has 0 bridgehead atoms. The molecule has 1 atom stereocenters. The molecular formula is C8H15NO3S. The van der Waals surface area contributed by atoms with Crippen molar-refractivity contribution in [3.05, 3.63) is 12.2 Å². The van der Waals surface area contributed by atoms with Gasteiger partial charge in [0.15, 0.2) is 0 Å². The maximum atomic E-state index is 11.6. The first-order valence-electron chi connectivity index (χ1n) is 4.34. The average molecular weight is 205 g/mol. The van der Waals surface area contributed by atoms with Crippen molar-refractivity contribution >= 4 is 10.0 Å². The lowest BCUT2D eigenvalue weighted by molar-refractivity contribution is 0.289. The maximum absolute atomic E-state index is 11.6. The molecule has 0 radical (unpaired) electrons. The first kappa shape index (κ1) is 10.7. The summed E-state index contributed by atoms with van der Waals surface area (Å²) in [5, 5.41) is 8.08. The fourth-order valence-electron chi connectivity index (χ4n) is 1.20. The van der Waals surface area contributed by atoms with Crippen molar-refractivity contribution in [3.63, 3.8) is 0 Å². The Morgan fingerprint density at radius 3 is 2.69 bits per heavy atom. The molecule has 0 amide bonds. The van der Waals surface area contributed by atoms with Crippen LogP contribution >= 0.6 is 0 Å². The molecule has 0 spiro atoms. The molecule has 76 valence electrons. The standard InChI is InChI=1S/C8H15NO3S/c1-8(7-10)13(11,12)9-5-3-2-4-6-9/h2-3,8,10H,4-7H2,1H3. The molecule has 13 heavy (non-hydrogen) atoms. The largest absolute Gasteiger partial charge is 0.395 e. The minimum Gasteiger partial charge on any atom is -0.395 e. The Bertz CT molecular complexity index is 284. The first-order chi connectivity index (χ1) is 6.09. The molecule has 1 unspecified atom stereocenters. The second-order valence-electron chi connectivity index (χ2n) is 3.16. The summed E-state index contributed by atoms with van der Waals surface area (Å²) in [5.41, 5.74) is 0. The third-order valence-corrected chi connectivity index (χ3v) is 4.36. The van der Waals surface area contributed by atoms with Gasteiger partial charge in [0, 0.05) is 13.1 Å². The lowest BCUT2D eigenvalue weighted by Crippen LogP contribution is -2.40. The summed E-state index contributed by atoms with van der Waals surface area (Å²) in [5.74, 6) is 0. The zero-order chi connectivity index (χ0) is 9.90. The molecule has 0 saturated heterocycles. The van der Waals surface area contributed by atoms with Crippen molar-refractivity contribution in [1.82, 2.24) is 4.31 Å². The topological polar surface area (TPSA) is 57.6 Å². The van der Waals surface area contributed by atoms with E-state index < -0.39 is 15.3 Å². The van der Waals surface area contributed by atoms with Gasteiger partial charge in [-0.2, -0.15) is 4.31 Å². The second-order valence-corrected chi connectivity index (χ2v) is 5.51. The van der Waals surface area contributed by atoms with Crippen molar-refractivity contribution in [2.24, 2.45) is 0 Å². The van der Waals surface area contributed by atoms with Crippen LogP contribution in [0.25, 0.3) is 0 Å². The summed E-state index contributed by atoms with van der Waals surface area (Å²) in [4.78, 5) is 0. The third-order valence-electron chi connectivity index (χ3n) is 2.15. The molecule has 1 aliphatic rings. The highest BCUT2D eigenvalue weighted by Gasteiger charge is 2.27. The number of hydrogen-bond donors (Lipinski definition) is 1. The van der Waals surface area contributed by atoms with E-state index in [0.29, 0.717) is 13.1 Å². The minimum atomic E-state index is -3.28. The zero-order valence-electron chi connectivity index (χ0n) is 7.68. The molecule has 0 saturated carbocycles. The van der Waals surface area contributed by atoms with Gasteiger partial charge in [-0.25, -0.2) is 8.42 Å². The summed E-state index contributed by atoms with van der Waals surface area (Å²) < 4.78 is 24.7. The molecular weight excluding hydrogens is 190 g/mol. The fourth-order valence-corrected chi connectivity index (χ4v) is 2.55. The first-order valence-corrected chi connectivity index (χ1v) is 5.84. The number of sulfonamides is 1. The Morgan fingerprint density at radius 2 is 2.23 bits per heavy atom. The Hall–Kier alpha value is -0.390. The van der Waals surface area contributed by atoms with Crippen molar-refractivity contribution in [1.29, 1.82) is 0 Å². The summed E-state index contributed by atoms with van der Waals surface area (Å²) in [6, 6.07) is 0.